The number of aromatic nitrogens is 2. The Kier molecular flexibility index (Phi) is 5.91. The van der Waals surface area contributed by atoms with Crippen molar-refractivity contribution in [2.45, 2.75) is 45.8 Å². The molecule has 1 amide bonds. The fraction of sp³-hybridized carbons (Fsp3) is 0.571. The van der Waals surface area contributed by atoms with Crippen molar-refractivity contribution in [1.29, 1.82) is 5.26 Å². The molecular weight excluding hydrogens is 270 g/mol. The Morgan fingerprint density at radius 3 is 2.67 bits per heavy atom. The minimum Gasteiger partial charge on any atom is -0.444 e. The SMILES string of the molecule is C[C@@H](CCNc1ccc(C#N)nn1)NC(=O)OC(C)(C)C. The van der Waals surface area contributed by atoms with Crippen molar-refractivity contribution in [3.05, 3.63) is 17.8 Å². The zero-order chi connectivity index (χ0) is 15.9. The van der Waals surface area contributed by atoms with Crippen LogP contribution in [0.15, 0.2) is 12.1 Å². The molecule has 0 saturated heterocycles. The molecule has 21 heavy (non-hydrogen) atoms. The Bertz CT molecular complexity index is 502. The first-order valence-electron chi connectivity index (χ1n) is 6.77. The third-order valence-electron chi connectivity index (χ3n) is 2.43. The van der Waals surface area contributed by atoms with Gasteiger partial charge >= 0.3 is 6.09 Å². The Morgan fingerprint density at radius 2 is 2.14 bits per heavy atom. The number of nitriles is 1. The summed E-state index contributed by atoms with van der Waals surface area (Å²) in [6.45, 7) is 7.99. The van der Waals surface area contributed by atoms with Crippen LogP contribution in [0.5, 0.6) is 0 Å². The molecule has 2 N–H and O–H groups in total. The molecule has 7 heteroatoms. The van der Waals surface area contributed by atoms with Gasteiger partial charge in [-0.15, -0.1) is 10.2 Å². The average molecular weight is 291 g/mol. The van der Waals surface area contributed by atoms with E-state index in [2.05, 4.69) is 20.8 Å². The number of rotatable bonds is 5. The van der Waals surface area contributed by atoms with Crippen molar-refractivity contribution in [2.75, 3.05) is 11.9 Å². The smallest absolute Gasteiger partial charge is 0.407 e. The Labute approximate surface area is 124 Å². The predicted octanol–water partition coefficient (Wildman–Crippen LogP) is 2.06. The topological polar surface area (TPSA) is 99.9 Å². The quantitative estimate of drug-likeness (QED) is 0.861. The maximum absolute atomic E-state index is 11.6. The van der Waals surface area contributed by atoms with Crippen molar-refractivity contribution >= 4 is 11.9 Å². The van der Waals surface area contributed by atoms with E-state index in [0.29, 0.717) is 18.8 Å². The molecule has 1 rings (SSSR count). The monoisotopic (exact) mass is 291 g/mol. The van der Waals surface area contributed by atoms with Gasteiger partial charge in [-0.05, 0) is 46.2 Å². The van der Waals surface area contributed by atoms with Gasteiger partial charge in [0.1, 0.15) is 17.5 Å². The van der Waals surface area contributed by atoms with Crippen molar-refractivity contribution in [3.63, 3.8) is 0 Å². The summed E-state index contributed by atoms with van der Waals surface area (Å²) in [7, 11) is 0. The number of nitrogens with zero attached hydrogens (tertiary/aromatic N) is 3. The molecule has 114 valence electrons. The second kappa shape index (κ2) is 7.43. The molecule has 1 aromatic heterocycles. The highest BCUT2D eigenvalue weighted by atomic mass is 16.6. The van der Waals surface area contributed by atoms with E-state index in [-0.39, 0.29) is 11.7 Å². The summed E-state index contributed by atoms with van der Waals surface area (Å²) in [6.07, 6.45) is 0.286. The fourth-order valence-electron chi connectivity index (χ4n) is 1.48. The largest absolute Gasteiger partial charge is 0.444 e. The van der Waals surface area contributed by atoms with Gasteiger partial charge in [0.15, 0.2) is 5.69 Å². The van der Waals surface area contributed by atoms with Crippen LogP contribution >= 0.6 is 0 Å². The average Bonchev–Trinajstić information content (AvgIpc) is 2.37. The first kappa shape index (κ1) is 16.7. The van der Waals surface area contributed by atoms with Crippen LogP contribution in [0.25, 0.3) is 0 Å². The van der Waals surface area contributed by atoms with Gasteiger partial charge < -0.3 is 15.4 Å². The molecule has 0 aromatic carbocycles. The van der Waals surface area contributed by atoms with Gasteiger partial charge in [0.25, 0.3) is 0 Å². The van der Waals surface area contributed by atoms with Crippen LogP contribution in [0.1, 0.15) is 39.8 Å². The third kappa shape index (κ3) is 7.11. The van der Waals surface area contributed by atoms with Gasteiger partial charge in [-0.2, -0.15) is 5.26 Å². The molecule has 1 atom stereocenters. The van der Waals surface area contributed by atoms with Crippen LogP contribution in [-0.2, 0) is 4.74 Å². The fourth-order valence-corrected chi connectivity index (χ4v) is 1.48. The molecule has 0 aliphatic carbocycles. The summed E-state index contributed by atoms with van der Waals surface area (Å²) in [6, 6.07) is 5.16. The molecule has 7 nitrogen and oxygen atoms in total. The van der Waals surface area contributed by atoms with Gasteiger partial charge in [-0.1, -0.05) is 0 Å². The number of hydrogen-bond acceptors (Lipinski definition) is 6. The van der Waals surface area contributed by atoms with Crippen LogP contribution in [0.2, 0.25) is 0 Å². The Morgan fingerprint density at radius 1 is 1.43 bits per heavy atom. The van der Waals surface area contributed by atoms with E-state index < -0.39 is 11.7 Å². The van der Waals surface area contributed by atoms with Gasteiger partial charge in [-0.3, -0.25) is 0 Å². The van der Waals surface area contributed by atoms with Crippen molar-refractivity contribution < 1.29 is 9.53 Å². The highest BCUT2D eigenvalue weighted by molar-refractivity contribution is 5.68. The van der Waals surface area contributed by atoms with Gasteiger partial charge in [0.2, 0.25) is 0 Å². The minimum absolute atomic E-state index is 0.0290. The third-order valence-corrected chi connectivity index (χ3v) is 2.43. The van der Waals surface area contributed by atoms with E-state index in [4.69, 9.17) is 10.00 Å². The highest BCUT2D eigenvalue weighted by Crippen LogP contribution is 2.07. The van der Waals surface area contributed by atoms with E-state index in [1.165, 1.54) is 0 Å². The Balaban J connectivity index is 2.28. The number of hydrogen-bond donors (Lipinski definition) is 2. The summed E-state index contributed by atoms with van der Waals surface area (Å²) in [5, 5.41) is 22.0. The second-order valence-electron chi connectivity index (χ2n) is 5.68. The summed E-state index contributed by atoms with van der Waals surface area (Å²) >= 11 is 0. The van der Waals surface area contributed by atoms with E-state index in [1.54, 1.807) is 12.1 Å². The number of anilines is 1. The minimum atomic E-state index is -0.500. The molecule has 0 aliphatic rings. The molecule has 0 spiro atoms. The number of carbonyl (C=O) groups excluding carboxylic acids is 1. The molecule has 0 saturated carbocycles. The summed E-state index contributed by atoms with van der Waals surface area (Å²) in [4.78, 5) is 11.6. The van der Waals surface area contributed by atoms with Crippen molar-refractivity contribution in [2.24, 2.45) is 0 Å². The lowest BCUT2D eigenvalue weighted by molar-refractivity contribution is 0.0507. The molecule has 0 fully saturated rings. The molecular formula is C14H21N5O2. The normalized spacial score (nSPS) is 12.1. The molecule has 1 aromatic rings. The highest BCUT2D eigenvalue weighted by Gasteiger charge is 2.17. The second-order valence-corrected chi connectivity index (χ2v) is 5.68. The summed E-state index contributed by atoms with van der Waals surface area (Å²) in [5.41, 5.74) is -0.222. The summed E-state index contributed by atoms with van der Waals surface area (Å²) < 4.78 is 5.18. The first-order valence-corrected chi connectivity index (χ1v) is 6.77. The van der Waals surface area contributed by atoms with Crippen LogP contribution in [0.3, 0.4) is 0 Å². The van der Waals surface area contributed by atoms with Crippen LogP contribution < -0.4 is 10.6 Å². The lowest BCUT2D eigenvalue weighted by atomic mass is 10.2. The van der Waals surface area contributed by atoms with Gasteiger partial charge in [0.05, 0.1) is 0 Å². The molecule has 0 aliphatic heterocycles. The van der Waals surface area contributed by atoms with E-state index in [0.717, 1.165) is 0 Å². The lowest BCUT2D eigenvalue weighted by Crippen LogP contribution is -2.38. The van der Waals surface area contributed by atoms with Crippen LogP contribution in [0, 0.1) is 11.3 Å². The maximum atomic E-state index is 11.6. The molecule has 0 bridgehead atoms. The van der Waals surface area contributed by atoms with Crippen LogP contribution in [-0.4, -0.2) is 34.5 Å². The number of ether oxygens (including phenoxy) is 1. The lowest BCUT2D eigenvalue weighted by Gasteiger charge is -2.22. The number of alkyl carbamates (subject to hydrolysis) is 1. The number of carbonyl (C=O) groups is 1. The number of amides is 1. The first-order chi connectivity index (χ1) is 9.80. The molecule has 1 heterocycles. The standard InChI is InChI=1S/C14H21N5O2/c1-10(17-13(20)21-14(2,3)4)7-8-16-12-6-5-11(9-15)18-19-12/h5-6,10H,7-8H2,1-4H3,(H,16,19)(H,17,20)/t10-/m0/s1. The molecule has 0 radical (unpaired) electrons. The predicted molar refractivity (Wildman–Crippen MR) is 78.7 cm³/mol. The number of nitrogens with one attached hydrogen (secondary N) is 2. The van der Waals surface area contributed by atoms with Crippen molar-refractivity contribution in [1.82, 2.24) is 15.5 Å². The van der Waals surface area contributed by atoms with Crippen LogP contribution in [0.4, 0.5) is 10.6 Å². The van der Waals surface area contributed by atoms with Gasteiger partial charge in [0, 0.05) is 12.6 Å². The summed E-state index contributed by atoms with van der Waals surface area (Å²) in [5.74, 6) is 0.596. The molecule has 0 unspecified atom stereocenters. The Hall–Kier alpha value is -2.36. The van der Waals surface area contributed by atoms with E-state index in [9.17, 15) is 4.79 Å². The van der Waals surface area contributed by atoms with E-state index >= 15 is 0 Å². The zero-order valence-corrected chi connectivity index (χ0v) is 12.8. The van der Waals surface area contributed by atoms with E-state index in [1.807, 2.05) is 33.8 Å². The maximum Gasteiger partial charge on any atom is 0.407 e. The van der Waals surface area contributed by atoms with Gasteiger partial charge in [-0.25, -0.2) is 4.79 Å². The zero-order valence-electron chi connectivity index (χ0n) is 12.8. The van der Waals surface area contributed by atoms with Crippen molar-refractivity contribution in [3.8, 4) is 6.07 Å².